The third-order valence-electron chi connectivity index (χ3n) is 4.83. The van der Waals surface area contributed by atoms with Crippen LogP contribution >= 0.6 is 0 Å². The van der Waals surface area contributed by atoms with Gasteiger partial charge in [0.15, 0.2) is 0 Å². The molecular weight excluding hydrogens is 278 g/mol. The topological polar surface area (TPSA) is 44.8 Å². The third kappa shape index (κ3) is 5.21. The van der Waals surface area contributed by atoms with Gasteiger partial charge in [-0.2, -0.15) is 0 Å². The van der Waals surface area contributed by atoms with Gasteiger partial charge >= 0.3 is 0 Å². The standard InChI is InChI=1S/C17H33N3O2/c1-14-11-19(12-15(2)22-14)10-7-16(21)18-13-17(3,4)20-8-5-6-9-20/h14-15H,5-13H2,1-4H3,(H,18,21)/t14-,15+. The van der Waals surface area contributed by atoms with E-state index in [1.807, 2.05) is 0 Å². The van der Waals surface area contributed by atoms with Crippen molar-refractivity contribution in [2.45, 2.75) is 64.7 Å². The normalized spacial score (nSPS) is 28.0. The second-order valence-corrected chi connectivity index (χ2v) is 7.55. The third-order valence-corrected chi connectivity index (χ3v) is 4.83. The molecule has 128 valence electrons. The minimum absolute atomic E-state index is 0.0636. The molecule has 0 aromatic rings. The fourth-order valence-corrected chi connectivity index (χ4v) is 3.56. The van der Waals surface area contributed by atoms with Crippen LogP contribution in [0.15, 0.2) is 0 Å². The lowest BCUT2D eigenvalue weighted by Gasteiger charge is -2.36. The number of nitrogens with zero attached hydrogens (tertiary/aromatic N) is 2. The first-order chi connectivity index (χ1) is 10.4. The van der Waals surface area contributed by atoms with E-state index in [0.29, 0.717) is 6.42 Å². The van der Waals surface area contributed by atoms with E-state index in [1.165, 1.54) is 12.8 Å². The molecule has 0 saturated carbocycles. The summed E-state index contributed by atoms with van der Waals surface area (Å²) >= 11 is 0. The molecule has 2 heterocycles. The maximum absolute atomic E-state index is 12.1. The average molecular weight is 311 g/mol. The number of carbonyl (C=O) groups is 1. The van der Waals surface area contributed by atoms with Crippen LogP contribution in [0.2, 0.25) is 0 Å². The maximum Gasteiger partial charge on any atom is 0.221 e. The molecule has 0 aliphatic carbocycles. The van der Waals surface area contributed by atoms with E-state index in [9.17, 15) is 4.79 Å². The summed E-state index contributed by atoms with van der Waals surface area (Å²) in [7, 11) is 0. The summed E-state index contributed by atoms with van der Waals surface area (Å²) < 4.78 is 5.72. The van der Waals surface area contributed by atoms with Crippen molar-refractivity contribution < 1.29 is 9.53 Å². The molecule has 2 aliphatic heterocycles. The van der Waals surface area contributed by atoms with Crippen LogP contribution in [0.25, 0.3) is 0 Å². The van der Waals surface area contributed by atoms with E-state index in [4.69, 9.17) is 4.74 Å². The van der Waals surface area contributed by atoms with Crippen LogP contribution < -0.4 is 5.32 Å². The highest BCUT2D eigenvalue weighted by atomic mass is 16.5. The zero-order chi connectivity index (χ0) is 16.2. The molecule has 2 saturated heterocycles. The molecule has 1 N–H and O–H groups in total. The summed E-state index contributed by atoms with van der Waals surface area (Å²) in [6.45, 7) is 14.4. The SMILES string of the molecule is C[C@@H]1CN(CCC(=O)NCC(C)(C)N2CCCC2)C[C@H](C)O1. The van der Waals surface area contributed by atoms with Crippen LogP contribution in [0.5, 0.6) is 0 Å². The largest absolute Gasteiger partial charge is 0.373 e. The Hall–Kier alpha value is -0.650. The highest BCUT2D eigenvalue weighted by Crippen LogP contribution is 2.20. The predicted octanol–water partition coefficient (Wildman–Crippen LogP) is 1.48. The monoisotopic (exact) mass is 311 g/mol. The van der Waals surface area contributed by atoms with Crippen LogP contribution in [0.3, 0.4) is 0 Å². The molecule has 0 aromatic carbocycles. The predicted molar refractivity (Wildman–Crippen MR) is 89.0 cm³/mol. The van der Waals surface area contributed by atoms with Gasteiger partial charge in [-0.05, 0) is 53.6 Å². The summed E-state index contributed by atoms with van der Waals surface area (Å²) in [6, 6.07) is 0. The minimum atomic E-state index is 0.0636. The lowest BCUT2D eigenvalue weighted by Crippen LogP contribution is -2.51. The zero-order valence-electron chi connectivity index (χ0n) is 14.7. The Bertz CT molecular complexity index is 357. The number of hydrogen-bond acceptors (Lipinski definition) is 4. The van der Waals surface area contributed by atoms with Gasteiger partial charge in [-0.3, -0.25) is 14.6 Å². The van der Waals surface area contributed by atoms with Crippen molar-refractivity contribution in [3.63, 3.8) is 0 Å². The molecule has 0 radical (unpaired) electrons. The quantitative estimate of drug-likeness (QED) is 0.807. The number of morpholine rings is 1. The summed E-state index contributed by atoms with van der Waals surface area (Å²) in [4.78, 5) is 16.9. The van der Waals surface area contributed by atoms with Crippen molar-refractivity contribution >= 4 is 5.91 Å². The zero-order valence-corrected chi connectivity index (χ0v) is 14.7. The first kappa shape index (κ1) is 17.7. The Labute approximate surface area is 135 Å². The lowest BCUT2D eigenvalue weighted by atomic mass is 10.0. The van der Waals surface area contributed by atoms with Crippen molar-refractivity contribution in [2.24, 2.45) is 0 Å². The first-order valence-electron chi connectivity index (χ1n) is 8.76. The van der Waals surface area contributed by atoms with Crippen molar-refractivity contribution in [1.82, 2.24) is 15.1 Å². The smallest absolute Gasteiger partial charge is 0.221 e. The van der Waals surface area contributed by atoms with Crippen molar-refractivity contribution in [2.75, 3.05) is 39.3 Å². The summed E-state index contributed by atoms with van der Waals surface area (Å²) in [5, 5.41) is 3.12. The van der Waals surface area contributed by atoms with Crippen LogP contribution in [0, 0.1) is 0 Å². The van der Waals surface area contributed by atoms with E-state index in [1.54, 1.807) is 0 Å². The van der Waals surface area contributed by atoms with Crippen LogP contribution in [0.1, 0.15) is 47.0 Å². The molecule has 2 rings (SSSR count). The minimum Gasteiger partial charge on any atom is -0.373 e. The van der Waals surface area contributed by atoms with E-state index >= 15 is 0 Å². The van der Waals surface area contributed by atoms with Crippen LogP contribution in [0.4, 0.5) is 0 Å². The highest BCUT2D eigenvalue weighted by Gasteiger charge is 2.29. The summed E-state index contributed by atoms with van der Waals surface area (Å²) in [5.41, 5.74) is 0.0636. The van der Waals surface area contributed by atoms with Crippen LogP contribution in [-0.4, -0.2) is 72.7 Å². The number of carbonyl (C=O) groups excluding carboxylic acids is 1. The number of amides is 1. The molecular formula is C17H33N3O2. The Morgan fingerprint density at radius 1 is 1.18 bits per heavy atom. The first-order valence-corrected chi connectivity index (χ1v) is 8.76. The van der Waals surface area contributed by atoms with Crippen molar-refractivity contribution in [3.8, 4) is 0 Å². The Kier molecular flexibility index (Phi) is 6.24. The van der Waals surface area contributed by atoms with Gasteiger partial charge in [-0.25, -0.2) is 0 Å². The van der Waals surface area contributed by atoms with E-state index in [0.717, 1.165) is 39.3 Å². The number of nitrogens with one attached hydrogen (secondary N) is 1. The molecule has 2 atom stereocenters. The van der Waals surface area contributed by atoms with Crippen molar-refractivity contribution in [3.05, 3.63) is 0 Å². The molecule has 1 amide bonds. The lowest BCUT2D eigenvalue weighted by molar-refractivity contribution is -0.123. The molecule has 0 bridgehead atoms. The van der Waals surface area contributed by atoms with Gasteiger partial charge in [0.2, 0.25) is 5.91 Å². The molecule has 5 nitrogen and oxygen atoms in total. The maximum atomic E-state index is 12.1. The number of likely N-dealkylation sites (tertiary alicyclic amines) is 1. The Morgan fingerprint density at radius 2 is 1.77 bits per heavy atom. The summed E-state index contributed by atoms with van der Waals surface area (Å²) in [5.74, 6) is 0.166. The molecule has 0 unspecified atom stereocenters. The van der Waals surface area contributed by atoms with Gasteiger partial charge in [0, 0.05) is 38.1 Å². The molecule has 22 heavy (non-hydrogen) atoms. The van der Waals surface area contributed by atoms with Gasteiger partial charge in [-0.15, -0.1) is 0 Å². The number of hydrogen-bond donors (Lipinski definition) is 1. The molecule has 5 heteroatoms. The fourth-order valence-electron chi connectivity index (χ4n) is 3.56. The Morgan fingerprint density at radius 3 is 2.36 bits per heavy atom. The Balaban J connectivity index is 1.67. The molecule has 0 aromatic heterocycles. The second kappa shape index (κ2) is 7.75. The van der Waals surface area contributed by atoms with Gasteiger partial charge in [0.25, 0.3) is 0 Å². The van der Waals surface area contributed by atoms with Gasteiger partial charge in [0.05, 0.1) is 12.2 Å². The number of rotatable bonds is 6. The second-order valence-electron chi connectivity index (χ2n) is 7.55. The van der Waals surface area contributed by atoms with E-state index in [2.05, 4.69) is 42.8 Å². The number of ether oxygens (including phenoxy) is 1. The highest BCUT2D eigenvalue weighted by molar-refractivity contribution is 5.76. The van der Waals surface area contributed by atoms with Gasteiger partial charge in [0.1, 0.15) is 0 Å². The average Bonchev–Trinajstić information content (AvgIpc) is 2.97. The van der Waals surface area contributed by atoms with E-state index in [-0.39, 0.29) is 23.7 Å². The molecule has 0 spiro atoms. The van der Waals surface area contributed by atoms with E-state index < -0.39 is 0 Å². The van der Waals surface area contributed by atoms with Gasteiger partial charge in [-0.1, -0.05) is 0 Å². The molecule has 2 fully saturated rings. The van der Waals surface area contributed by atoms with Gasteiger partial charge < -0.3 is 10.1 Å². The molecule has 2 aliphatic rings. The van der Waals surface area contributed by atoms with Crippen molar-refractivity contribution in [1.29, 1.82) is 0 Å². The summed E-state index contributed by atoms with van der Waals surface area (Å²) in [6.07, 6.45) is 3.67. The fraction of sp³-hybridized carbons (Fsp3) is 0.941. The van der Waals surface area contributed by atoms with Crippen LogP contribution in [-0.2, 0) is 9.53 Å².